The zero-order chi connectivity index (χ0) is 23.5. The van der Waals surface area contributed by atoms with Gasteiger partial charge in [0.2, 0.25) is 5.30 Å². The number of nitrogens with one attached hydrogen (secondary N) is 1. The Kier molecular flexibility index (Phi) is 9.66. The lowest BCUT2D eigenvalue weighted by Crippen LogP contribution is -2.20. The molecule has 8 heteroatoms. The number of aliphatic hydroxyl groups excluding tert-OH is 1. The van der Waals surface area contributed by atoms with E-state index in [1.54, 1.807) is 36.4 Å². The van der Waals surface area contributed by atoms with Crippen LogP contribution in [0.1, 0.15) is 23.1 Å². The first kappa shape index (κ1) is 24.7. The van der Waals surface area contributed by atoms with Gasteiger partial charge in [0.1, 0.15) is 23.9 Å². The predicted octanol–water partition coefficient (Wildman–Crippen LogP) is 3.42. The van der Waals surface area contributed by atoms with Gasteiger partial charge < -0.3 is 25.0 Å². The average molecular weight is 470 g/mol. The summed E-state index contributed by atoms with van der Waals surface area (Å²) < 4.78 is 22.5. The predicted molar refractivity (Wildman–Crippen MR) is 127 cm³/mol. The molecule has 0 saturated carbocycles. The van der Waals surface area contributed by atoms with Crippen molar-refractivity contribution in [3.05, 3.63) is 83.4 Å². The first-order chi connectivity index (χ1) is 16.0. The molecular weight excluding hydrogens is 441 g/mol. The van der Waals surface area contributed by atoms with Gasteiger partial charge in [0, 0.05) is 5.56 Å². The van der Waals surface area contributed by atoms with Crippen molar-refractivity contribution >= 4 is 13.3 Å². The third-order valence-electron chi connectivity index (χ3n) is 5.06. The van der Waals surface area contributed by atoms with E-state index >= 15 is 0 Å². The van der Waals surface area contributed by atoms with Crippen molar-refractivity contribution in [3.8, 4) is 17.2 Å². The van der Waals surface area contributed by atoms with Gasteiger partial charge >= 0.3 is 8.03 Å². The Labute approximate surface area is 194 Å². The summed E-state index contributed by atoms with van der Waals surface area (Å²) in [5, 5.41) is 22.5. The molecule has 4 N–H and O–H groups in total. The molecule has 0 aliphatic carbocycles. The van der Waals surface area contributed by atoms with Crippen molar-refractivity contribution < 1.29 is 29.1 Å². The molecule has 3 rings (SSSR count). The first-order valence-corrected chi connectivity index (χ1v) is 12.0. The van der Waals surface area contributed by atoms with Crippen molar-refractivity contribution in [2.75, 3.05) is 19.7 Å². The summed E-state index contributed by atoms with van der Waals surface area (Å²) in [5.74, 6) is 1.48. The second kappa shape index (κ2) is 12.9. The van der Waals surface area contributed by atoms with E-state index < -0.39 is 8.03 Å². The summed E-state index contributed by atoms with van der Waals surface area (Å²) in [6, 6.07) is 19.7. The lowest BCUT2D eigenvalue weighted by atomic mass is 10.1. The highest BCUT2D eigenvalue weighted by molar-refractivity contribution is 7.47. The summed E-state index contributed by atoms with van der Waals surface area (Å²) in [7, 11) is -2.30. The minimum Gasteiger partial charge on any atom is -0.508 e. The minimum absolute atomic E-state index is 0.0692. The van der Waals surface area contributed by atoms with Gasteiger partial charge in [-0.05, 0) is 84.1 Å². The molecule has 0 radical (unpaired) electrons. The van der Waals surface area contributed by atoms with Crippen LogP contribution in [0.4, 0.5) is 0 Å². The normalized spacial score (nSPS) is 11.3. The number of benzene rings is 3. The van der Waals surface area contributed by atoms with Crippen LogP contribution in [0.2, 0.25) is 0 Å². The second-order valence-electron chi connectivity index (χ2n) is 7.52. The minimum atomic E-state index is -2.30. The van der Waals surface area contributed by atoms with Crippen LogP contribution in [0.5, 0.6) is 17.2 Å². The van der Waals surface area contributed by atoms with Crippen LogP contribution in [0.15, 0.2) is 66.7 Å². The molecule has 3 aromatic rings. The lowest BCUT2D eigenvalue weighted by molar-refractivity contribution is 0.272. The molecule has 0 aromatic heterocycles. The molecule has 0 bridgehead atoms. The molecule has 33 heavy (non-hydrogen) atoms. The first-order valence-electron chi connectivity index (χ1n) is 10.8. The maximum Gasteiger partial charge on any atom is 0.546 e. The van der Waals surface area contributed by atoms with Crippen molar-refractivity contribution in [1.29, 1.82) is 0 Å². The van der Waals surface area contributed by atoms with Crippen molar-refractivity contribution in [3.63, 3.8) is 0 Å². The molecule has 0 aliphatic rings. The molecule has 7 nitrogen and oxygen atoms in total. The van der Waals surface area contributed by atoms with E-state index in [1.807, 2.05) is 24.3 Å². The maximum absolute atomic E-state index is 11.0. The lowest BCUT2D eigenvalue weighted by Gasteiger charge is -2.10. The highest BCUT2D eigenvalue weighted by atomic mass is 31.1. The zero-order valence-corrected chi connectivity index (χ0v) is 19.2. The van der Waals surface area contributed by atoms with Crippen LogP contribution in [-0.2, 0) is 24.2 Å². The number of hydrogen-bond acceptors (Lipinski definition) is 6. The fraction of sp³-hybridized carbons (Fsp3) is 0.280. The maximum atomic E-state index is 11.0. The molecule has 174 valence electrons. The van der Waals surface area contributed by atoms with Crippen molar-refractivity contribution in [1.82, 2.24) is 5.32 Å². The summed E-state index contributed by atoms with van der Waals surface area (Å²) in [6.45, 7) is 2.41. The molecule has 0 aliphatic heterocycles. The number of aliphatic hydroxyl groups is 1. The van der Waals surface area contributed by atoms with Crippen LogP contribution >= 0.6 is 8.03 Å². The summed E-state index contributed by atoms with van der Waals surface area (Å²) >= 11 is 0. The molecule has 0 saturated heterocycles. The monoisotopic (exact) mass is 470 g/mol. The zero-order valence-electron chi connectivity index (χ0n) is 18.3. The molecular formula is C25H29NO6P+. The smallest absolute Gasteiger partial charge is 0.508 e. The third kappa shape index (κ3) is 8.15. The summed E-state index contributed by atoms with van der Waals surface area (Å²) in [6.07, 6.45) is 1.75. The van der Waals surface area contributed by atoms with E-state index in [1.165, 1.54) is 11.6 Å². The highest BCUT2D eigenvalue weighted by Gasteiger charge is 2.14. The Bertz CT molecular complexity index is 1020. The Balaban J connectivity index is 1.29. The van der Waals surface area contributed by atoms with Crippen LogP contribution in [0.3, 0.4) is 0 Å². The SMILES string of the molecule is O=[P+](O)c1ccc(COc2ccc(CCNCCCOc3ccc(O)c(CO)c3)cc2)cc1. The van der Waals surface area contributed by atoms with Crippen LogP contribution in [-0.4, -0.2) is 34.8 Å². The number of rotatable bonds is 13. The van der Waals surface area contributed by atoms with Gasteiger partial charge in [-0.1, -0.05) is 24.3 Å². The van der Waals surface area contributed by atoms with E-state index in [9.17, 15) is 14.8 Å². The van der Waals surface area contributed by atoms with Crippen LogP contribution < -0.4 is 20.1 Å². The average Bonchev–Trinajstić information content (AvgIpc) is 2.84. The van der Waals surface area contributed by atoms with Gasteiger partial charge in [-0.25, -0.2) is 0 Å². The fourth-order valence-corrected chi connectivity index (χ4v) is 3.57. The van der Waals surface area contributed by atoms with Gasteiger partial charge in [0.25, 0.3) is 0 Å². The number of aromatic hydroxyl groups is 1. The quantitative estimate of drug-likeness (QED) is 0.224. The molecule has 3 aromatic carbocycles. The Morgan fingerprint density at radius 2 is 1.55 bits per heavy atom. The largest absolute Gasteiger partial charge is 0.546 e. The molecule has 1 atom stereocenters. The van der Waals surface area contributed by atoms with E-state index in [0.717, 1.165) is 37.2 Å². The number of phenols is 1. The fourth-order valence-electron chi connectivity index (χ4n) is 3.16. The third-order valence-corrected chi connectivity index (χ3v) is 5.80. The summed E-state index contributed by atoms with van der Waals surface area (Å²) in [5.41, 5.74) is 2.60. The topological polar surface area (TPSA) is 108 Å². The van der Waals surface area contributed by atoms with Gasteiger partial charge in [-0.3, -0.25) is 0 Å². The molecule has 1 unspecified atom stereocenters. The van der Waals surface area contributed by atoms with Crippen molar-refractivity contribution in [2.45, 2.75) is 26.1 Å². The second-order valence-corrected chi connectivity index (χ2v) is 8.58. The van der Waals surface area contributed by atoms with E-state index in [4.69, 9.17) is 14.4 Å². The standard InChI is InChI=1S/C25H28NO6P/c27-17-21-16-23(8-11-25(21)28)31-15-1-13-26-14-12-19-2-6-22(7-3-19)32-18-20-4-9-24(10-5-20)33(29)30/h2-11,16,26-27H,1,12-15,17-18H2,(H-,28,29,30)/p+1. The van der Waals surface area contributed by atoms with Gasteiger partial charge in [0.15, 0.2) is 0 Å². The Morgan fingerprint density at radius 1 is 0.848 bits per heavy atom. The van der Waals surface area contributed by atoms with Crippen LogP contribution in [0.25, 0.3) is 0 Å². The number of ether oxygens (including phenoxy) is 2. The van der Waals surface area contributed by atoms with Gasteiger partial charge in [-0.2, -0.15) is 4.89 Å². The summed E-state index contributed by atoms with van der Waals surface area (Å²) in [4.78, 5) is 9.08. The Morgan fingerprint density at radius 3 is 2.24 bits per heavy atom. The Hall–Kier alpha value is -2.96. The van der Waals surface area contributed by atoms with E-state index in [-0.39, 0.29) is 12.4 Å². The molecule has 0 heterocycles. The highest BCUT2D eigenvalue weighted by Crippen LogP contribution is 2.23. The number of hydrogen-bond donors (Lipinski definition) is 4. The van der Waals surface area contributed by atoms with Gasteiger partial charge in [-0.15, -0.1) is 0 Å². The molecule has 0 spiro atoms. The van der Waals surface area contributed by atoms with E-state index in [2.05, 4.69) is 5.32 Å². The van der Waals surface area contributed by atoms with Crippen LogP contribution in [0, 0.1) is 0 Å². The molecule has 0 amide bonds. The van der Waals surface area contributed by atoms with Gasteiger partial charge in [0.05, 0.1) is 13.2 Å². The van der Waals surface area contributed by atoms with E-state index in [0.29, 0.717) is 29.8 Å². The molecule has 0 fully saturated rings. The van der Waals surface area contributed by atoms with Crippen molar-refractivity contribution in [2.24, 2.45) is 0 Å².